The molecule has 0 unspecified atom stereocenters. The van der Waals surface area contributed by atoms with Gasteiger partial charge in [-0.2, -0.15) is 0 Å². The number of aliphatic imine (C=N–C) groups is 1. The molecule has 0 spiro atoms. The molecule has 1 aromatic heterocycles. The lowest BCUT2D eigenvalue weighted by molar-refractivity contribution is -0.161. The Balaban J connectivity index is 1.58. The number of ether oxygens (including phenoxy) is 1. The van der Waals surface area contributed by atoms with Gasteiger partial charge in [-0.15, -0.1) is 0 Å². The summed E-state index contributed by atoms with van der Waals surface area (Å²) in [5.41, 5.74) is 3.98. The second kappa shape index (κ2) is 8.79. The maximum absolute atomic E-state index is 12.8. The minimum absolute atomic E-state index is 0.0839. The Morgan fingerprint density at radius 3 is 2.83 bits per heavy atom. The van der Waals surface area contributed by atoms with Gasteiger partial charge in [0, 0.05) is 21.3 Å². The molecule has 0 aliphatic heterocycles. The van der Waals surface area contributed by atoms with E-state index in [4.69, 9.17) is 27.9 Å². The fourth-order valence-corrected chi connectivity index (χ4v) is 7.44. The number of esters is 1. The number of aromatic hydroxyl groups is 1. The molecule has 9 heteroatoms. The van der Waals surface area contributed by atoms with Gasteiger partial charge < -0.3 is 14.8 Å². The Hall–Kier alpha value is -2.09. The minimum atomic E-state index is -0.495. The number of halogens is 3. The number of aryl methyl sites for hydroxylation is 1. The summed E-state index contributed by atoms with van der Waals surface area (Å²) in [6, 6.07) is 5.24. The first-order valence-corrected chi connectivity index (χ1v) is 13.2. The molecule has 3 aromatic rings. The van der Waals surface area contributed by atoms with Crippen LogP contribution >= 0.6 is 39.1 Å². The number of benzene rings is 2. The smallest absolute Gasteiger partial charge is 0.311 e. The molecule has 184 valence electrons. The third-order valence-electron chi connectivity index (χ3n) is 8.08. The van der Waals surface area contributed by atoms with Crippen LogP contribution in [-0.4, -0.2) is 34.4 Å². The van der Waals surface area contributed by atoms with Gasteiger partial charge in [0.2, 0.25) is 5.95 Å². The number of aromatic amines is 1. The SMILES string of the molecule is COC(=O)[C@]1(C)CCC[C@]2(C)c3cc(Br)c4nc(N=Cc5cc(Cl)cc(Cl)c5O)[nH]c4c3CC[C@@H]12. The van der Waals surface area contributed by atoms with E-state index in [9.17, 15) is 9.90 Å². The Bertz CT molecular complexity index is 1390. The van der Waals surface area contributed by atoms with Crippen LogP contribution in [0.1, 0.15) is 56.2 Å². The first kappa shape index (κ1) is 24.6. The first-order valence-electron chi connectivity index (χ1n) is 11.6. The van der Waals surface area contributed by atoms with Gasteiger partial charge >= 0.3 is 5.97 Å². The Labute approximate surface area is 222 Å². The minimum Gasteiger partial charge on any atom is -0.506 e. The summed E-state index contributed by atoms with van der Waals surface area (Å²) in [6.45, 7) is 4.36. The molecule has 1 saturated carbocycles. The predicted molar refractivity (Wildman–Crippen MR) is 142 cm³/mol. The van der Waals surface area contributed by atoms with Crippen molar-refractivity contribution in [3.63, 3.8) is 0 Å². The maximum Gasteiger partial charge on any atom is 0.311 e. The van der Waals surface area contributed by atoms with Crippen LogP contribution in [0, 0.1) is 11.3 Å². The molecule has 3 atom stereocenters. The molecule has 2 aromatic carbocycles. The molecule has 2 aliphatic rings. The molecule has 0 amide bonds. The van der Waals surface area contributed by atoms with Crippen molar-refractivity contribution in [1.82, 2.24) is 9.97 Å². The molecule has 1 fully saturated rings. The van der Waals surface area contributed by atoms with Gasteiger partial charge in [0.05, 0.1) is 23.1 Å². The van der Waals surface area contributed by atoms with E-state index in [0.29, 0.717) is 16.5 Å². The van der Waals surface area contributed by atoms with Crippen molar-refractivity contribution in [2.75, 3.05) is 7.11 Å². The number of rotatable bonds is 3. The fraction of sp³-hybridized carbons (Fsp3) is 0.423. The number of aromatic nitrogens is 2. The molecule has 0 bridgehead atoms. The van der Waals surface area contributed by atoms with E-state index in [1.807, 2.05) is 0 Å². The van der Waals surface area contributed by atoms with Crippen molar-refractivity contribution < 1.29 is 14.6 Å². The zero-order chi connectivity index (χ0) is 25.1. The molecule has 1 heterocycles. The van der Waals surface area contributed by atoms with Gasteiger partial charge in [-0.3, -0.25) is 4.79 Å². The molecule has 2 N–H and O–H groups in total. The number of hydrogen-bond donors (Lipinski definition) is 2. The van der Waals surface area contributed by atoms with E-state index in [0.717, 1.165) is 47.6 Å². The summed E-state index contributed by atoms with van der Waals surface area (Å²) >= 11 is 15.8. The standard InChI is InChI=1S/C26H26BrCl2N3O3/c1-25-7-4-8-26(2,23(34)35-3)19(25)6-5-15-16(25)11-17(27)21-20(15)31-24(32-21)30-12-13-9-14(28)10-18(29)22(13)33/h9-12,19,33H,4-8H2,1-3H3,(H,31,32)/t19-,25-,26-/m1/s1. The van der Waals surface area contributed by atoms with E-state index in [1.54, 1.807) is 6.07 Å². The van der Waals surface area contributed by atoms with Crippen molar-refractivity contribution in [3.05, 3.63) is 49.4 Å². The van der Waals surface area contributed by atoms with Crippen LogP contribution in [0.4, 0.5) is 5.95 Å². The van der Waals surface area contributed by atoms with Gasteiger partial charge in [-0.1, -0.05) is 36.5 Å². The summed E-state index contributed by atoms with van der Waals surface area (Å²) in [5, 5.41) is 10.8. The highest BCUT2D eigenvalue weighted by Crippen LogP contribution is 2.58. The number of nitrogens with one attached hydrogen (secondary N) is 1. The van der Waals surface area contributed by atoms with E-state index in [-0.39, 0.29) is 28.1 Å². The van der Waals surface area contributed by atoms with Crippen LogP contribution in [-0.2, 0) is 21.4 Å². The third-order valence-corrected chi connectivity index (χ3v) is 9.19. The van der Waals surface area contributed by atoms with Crippen LogP contribution in [0.3, 0.4) is 0 Å². The molecule has 35 heavy (non-hydrogen) atoms. The molecule has 0 radical (unpaired) electrons. The van der Waals surface area contributed by atoms with Gasteiger partial charge in [-0.05, 0) is 89.2 Å². The number of methoxy groups -OCH3 is 1. The number of carbonyl (C=O) groups is 1. The summed E-state index contributed by atoms with van der Waals surface area (Å²) in [7, 11) is 1.49. The number of imidazole rings is 1. The average molecular weight is 579 g/mol. The van der Waals surface area contributed by atoms with Gasteiger partial charge in [0.1, 0.15) is 11.3 Å². The van der Waals surface area contributed by atoms with Crippen molar-refractivity contribution in [2.24, 2.45) is 16.3 Å². The van der Waals surface area contributed by atoms with Crippen LogP contribution < -0.4 is 0 Å². The van der Waals surface area contributed by atoms with Crippen LogP contribution in [0.5, 0.6) is 5.75 Å². The average Bonchev–Trinajstić information content (AvgIpc) is 3.25. The molecule has 6 nitrogen and oxygen atoms in total. The quantitative estimate of drug-likeness (QED) is 0.253. The molecular formula is C26H26BrCl2N3O3. The van der Waals surface area contributed by atoms with Crippen molar-refractivity contribution in [2.45, 2.75) is 51.4 Å². The Morgan fingerprint density at radius 2 is 2.09 bits per heavy atom. The van der Waals surface area contributed by atoms with E-state index >= 15 is 0 Å². The molecule has 2 aliphatic carbocycles. The van der Waals surface area contributed by atoms with Crippen LogP contribution in [0.25, 0.3) is 11.0 Å². The van der Waals surface area contributed by atoms with E-state index in [1.165, 1.54) is 30.5 Å². The second-order valence-corrected chi connectivity index (χ2v) is 11.7. The number of carbonyl (C=O) groups excluding carboxylic acids is 1. The van der Waals surface area contributed by atoms with Crippen LogP contribution in [0.2, 0.25) is 10.0 Å². The molecule has 0 saturated heterocycles. The highest BCUT2D eigenvalue weighted by Gasteiger charge is 2.56. The highest BCUT2D eigenvalue weighted by molar-refractivity contribution is 9.10. The number of phenols is 1. The second-order valence-electron chi connectivity index (χ2n) is 10.0. The topological polar surface area (TPSA) is 87.6 Å². The van der Waals surface area contributed by atoms with Crippen LogP contribution in [0.15, 0.2) is 27.7 Å². The normalized spacial score (nSPS) is 26.1. The van der Waals surface area contributed by atoms with Gasteiger partial charge in [-0.25, -0.2) is 9.98 Å². The number of nitrogens with zero attached hydrogens (tertiary/aromatic N) is 2. The molecular weight excluding hydrogens is 553 g/mol. The van der Waals surface area contributed by atoms with Crippen molar-refractivity contribution in [3.8, 4) is 5.75 Å². The monoisotopic (exact) mass is 577 g/mol. The van der Waals surface area contributed by atoms with E-state index in [2.05, 4.69) is 50.8 Å². The van der Waals surface area contributed by atoms with Crippen molar-refractivity contribution >= 4 is 68.3 Å². The lowest BCUT2D eigenvalue weighted by Gasteiger charge is -2.54. The lowest BCUT2D eigenvalue weighted by Crippen LogP contribution is -2.52. The largest absolute Gasteiger partial charge is 0.506 e. The number of H-pyrrole nitrogens is 1. The zero-order valence-electron chi connectivity index (χ0n) is 19.7. The Kier molecular flexibility index (Phi) is 6.17. The van der Waals surface area contributed by atoms with E-state index < -0.39 is 5.41 Å². The Morgan fingerprint density at radius 1 is 1.31 bits per heavy atom. The molecule has 5 rings (SSSR count). The summed E-state index contributed by atoms with van der Waals surface area (Å²) in [6.07, 6.45) is 6.06. The summed E-state index contributed by atoms with van der Waals surface area (Å²) < 4.78 is 6.12. The highest BCUT2D eigenvalue weighted by atomic mass is 79.9. The third kappa shape index (κ3) is 3.87. The van der Waals surface area contributed by atoms with Gasteiger partial charge in [0.15, 0.2) is 0 Å². The number of fused-ring (bicyclic) bond motifs is 5. The predicted octanol–water partition coefficient (Wildman–Crippen LogP) is 7.27. The lowest BCUT2D eigenvalue weighted by atomic mass is 9.50. The summed E-state index contributed by atoms with van der Waals surface area (Å²) in [5.74, 6) is 0.419. The first-order chi connectivity index (χ1) is 16.6. The van der Waals surface area contributed by atoms with Gasteiger partial charge in [0.25, 0.3) is 0 Å². The zero-order valence-corrected chi connectivity index (χ0v) is 22.8. The fourth-order valence-electron chi connectivity index (χ4n) is 6.41. The summed E-state index contributed by atoms with van der Waals surface area (Å²) in [4.78, 5) is 25.3. The maximum atomic E-state index is 12.8. The number of phenolic OH excluding ortho intramolecular Hbond substituents is 1. The van der Waals surface area contributed by atoms with Crippen molar-refractivity contribution in [1.29, 1.82) is 0 Å². The number of hydrogen-bond acceptors (Lipinski definition) is 5.